The first-order valence-electron chi connectivity index (χ1n) is 6.75. The van der Waals surface area contributed by atoms with Crippen molar-refractivity contribution in [2.24, 2.45) is 5.73 Å². The van der Waals surface area contributed by atoms with Crippen LogP contribution in [0.4, 0.5) is 14.5 Å². The first-order valence-corrected chi connectivity index (χ1v) is 6.75. The first kappa shape index (κ1) is 16.5. The lowest BCUT2D eigenvalue weighted by Gasteiger charge is -2.18. The molecule has 0 saturated heterocycles. The van der Waals surface area contributed by atoms with Gasteiger partial charge in [-0.3, -0.25) is 4.79 Å². The van der Waals surface area contributed by atoms with Gasteiger partial charge in [-0.05, 0) is 17.7 Å². The zero-order valence-electron chi connectivity index (χ0n) is 12.3. The molecule has 0 bridgehead atoms. The zero-order chi connectivity index (χ0) is 16.8. The molecule has 0 aliphatic carbocycles. The Bertz CT molecular complexity index is 666. The molecule has 0 aliphatic heterocycles. The predicted octanol–water partition coefficient (Wildman–Crippen LogP) is 2.94. The van der Waals surface area contributed by atoms with Gasteiger partial charge in [0.2, 0.25) is 5.91 Å². The second kappa shape index (κ2) is 7.44. The van der Waals surface area contributed by atoms with E-state index < -0.39 is 18.6 Å². The molecule has 5 nitrogen and oxygen atoms in total. The fourth-order valence-corrected chi connectivity index (χ4v) is 2.09. The number of ether oxygens (including phenoxy) is 2. The van der Waals surface area contributed by atoms with Crippen LogP contribution in [-0.2, 0) is 4.79 Å². The molecule has 1 amide bonds. The predicted molar refractivity (Wildman–Crippen MR) is 81.6 cm³/mol. The van der Waals surface area contributed by atoms with Crippen molar-refractivity contribution in [3.8, 4) is 11.5 Å². The number of methoxy groups -OCH3 is 1. The number of nitrogens with one attached hydrogen (secondary N) is 1. The number of hydrogen-bond acceptors (Lipinski definition) is 4. The van der Waals surface area contributed by atoms with E-state index in [0.29, 0.717) is 11.3 Å². The minimum Gasteiger partial charge on any atom is -0.493 e. The van der Waals surface area contributed by atoms with E-state index >= 15 is 0 Å². The molecule has 1 atom stereocenters. The van der Waals surface area contributed by atoms with Gasteiger partial charge >= 0.3 is 6.61 Å². The van der Waals surface area contributed by atoms with E-state index in [-0.39, 0.29) is 11.5 Å². The number of halogens is 2. The maximum atomic E-state index is 12.5. The Morgan fingerprint density at radius 2 is 1.83 bits per heavy atom. The topological polar surface area (TPSA) is 73.6 Å². The van der Waals surface area contributed by atoms with Gasteiger partial charge in [-0.2, -0.15) is 8.78 Å². The number of carbonyl (C=O) groups excluding carboxylic acids is 1. The number of benzene rings is 2. The van der Waals surface area contributed by atoms with E-state index in [1.807, 2.05) is 6.07 Å². The fourth-order valence-electron chi connectivity index (χ4n) is 2.09. The van der Waals surface area contributed by atoms with Gasteiger partial charge in [0.15, 0.2) is 11.5 Å². The number of rotatable bonds is 7. The number of carbonyl (C=O) groups is 1. The van der Waals surface area contributed by atoms with Crippen molar-refractivity contribution in [2.75, 3.05) is 12.4 Å². The number of primary amides is 1. The van der Waals surface area contributed by atoms with Crippen LogP contribution in [-0.4, -0.2) is 19.6 Å². The molecule has 2 aromatic rings. The lowest BCUT2D eigenvalue weighted by atomic mass is 10.1. The highest BCUT2D eigenvalue weighted by Gasteiger charge is 2.18. The standard InChI is InChI=1S/C16H16F2N2O3/c1-22-12-8-7-11(9-13(12)23-16(17)18)20-14(15(19)21)10-5-3-2-4-6-10/h2-9,14,16,20H,1H3,(H2,19,21). The summed E-state index contributed by atoms with van der Waals surface area (Å²) in [6.07, 6.45) is 0. The number of alkyl halides is 2. The monoisotopic (exact) mass is 322 g/mol. The summed E-state index contributed by atoms with van der Waals surface area (Å²) in [7, 11) is 1.34. The highest BCUT2D eigenvalue weighted by molar-refractivity contribution is 5.84. The van der Waals surface area contributed by atoms with Crippen molar-refractivity contribution in [1.29, 1.82) is 0 Å². The molecule has 2 rings (SSSR count). The molecule has 0 aliphatic rings. The van der Waals surface area contributed by atoms with E-state index in [1.165, 1.54) is 19.2 Å². The van der Waals surface area contributed by atoms with Crippen LogP contribution in [0.5, 0.6) is 11.5 Å². The largest absolute Gasteiger partial charge is 0.493 e. The highest BCUT2D eigenvalue weighted by Crippen LogP contribution is 2.32. The fraction of sp³-hybridized carbons (Fsp3) is 0.188. The Morgan fingerprint density at radius 3 is 2.39 bits per heavy atom. The van der Waals surface area contributed by atoms with Crippen LogP contribution in [0.25, 0.3) is 0 Å². The third kappa shape index (κ3) is 4.32. The Labute approximate surface area is 132 Å². The van der Waals surface area contributed by atoms with E-state index in [2.05, 4.69) is 10.1 Å². The van der Waals surface area contributed by atoms with Gasteiger partial charge in [-0.25, -0.2) is 0 Å². The lowest BCUT2D eigenvalue weighted by molar-refractivity contribution is -0.118. The molecular formula is C16H16F2N2O3. The van der Waals surface area contributed by atoms with Gasteiger partial charge in [0.05, 0.1) is 7.11 Å². The third-order valence-corrected chi connectivity index (χ3v) is 3.11. The summed E-state index contributed by atoms with van der Waals surface area (Å²) in [4.78, 5) is 11.7. The number of hydrogen-bond donors (Lipinski definition) is 2. The Morgan fingerprint density at radius 1 is 1.13 bits per heavy atom. The molecule has 0 heterocycles. The molecule has 0 spiro atoms. The zero-order valence-corrected chi connectivity index (χ0v) is 12.3. The van der Waals surface area contributed by atoms with Crippen molar-refractivity contribution < 1.29 is 23.0 Å². The van der Waals surface area contributed by atoms with Crippen molar-refractivity contribution in [3.05, 3.63) is 54.1 Å². The van der Waals surface area contributed by atoms with Gasteiger partial charge in [0, 0.05) is 11.8 Å². The van der Waals surface area contributed by atoms with Gasteiger partial charge in [0.25, 0.3) is 0 Å². The lowest BCUT2D eigenvalue weighted by Crippen LogP contribution is -2.27. The molecule has 3 N–H and O–H groups in total. The highest BCUT2D eigenvalue weighted by atomic mass is 19.3. The minimum atomic E-state index is -2.99. The Kier molecular flexibility index (Phi) is 5.35. The summed E-state index contributed by atoms with van der Waals surface area (Å²) in [5.41, 5.74) is 6.47. The van der Waals surface area contributed by atoms with Crippen LogP contribution >= 0.6 is 0 Å². The Hall–Kier alpha value is -2.83. The third-order valence-electron chi connectivity index (χ3n) is 3.11. The van der Waals surface area contributed by atoms with Gasteiger partial charge in [0.1, 0.15) is 6.04 Å². The van der Waals surface area contributed by atoms with Crippen LogP contribution in [0.1, 0.15) is 11.6 Å². The Balaban J connectivity index is 2.28. The smallest absolute Gasteiger partial charge is 0.387 e. The van der Waals surface area contributed by atoms with Crippen LogP contribution in [0.2, 0.25) is 0 Å². The maximum absolute atomic E-state index is 12.5. The number of nitrogens with two attached hydrogens (primary N) is 1. The summed E-state index contributed by atoms with van der Waals surface area (Å²) in [6, 6.07) is 12.4. The van der Waals surface area contributed by atoms with E-state index in [9.17, 15) is 13.6 Å². The summed E-state index contributed by atoms with van der Waals surface area (Å²) in [5, 5.41) is 2.90. The average molecular weight is 322 g/mol. The summed E-state index contributed by atoms with van der Waals surface area (Å²) in [6.45, 7) is -2.99. The summed E-state index contributed by atoms with van der Waals surface area (Å²) in [5.74, 6) is -0.571. The number of amides is 1. The molecule has 0 saturated carbocycles. The van der Waals surface area contributed by atoms with Crippen LogP contribution < -0.4 is 20.5 Å². The second-order valence-electron chi connectivity index (χ2n) is 4.63. The normalized spacial score (nSPS) is 11.8. The molecule has 1 unspecified atom stereocenters. The van der Waals surface area contributed by atoms with Gasteiger partial charge < -0.3 is 20.5 Å². The van der Waals surface area contributed by atoms with Crippen LogP contribution in [0.3, 0.4) is 0 Å². The van der Waals surface area contributed by atoms with Crippen molar-refractivity contribution in [2.45, 2.75) is 12.7 Å². The van der Waals surface area contributed by atoms with Crippen LogP contribution in [0, 0.1) is 0 Å². The summed E-state index contributed by atoms with van der Waals surface area (Å²) < 4.78 is 34.3. The van der Waals surface area contributed by atoms with Crippen molar-refractivity contribution >= 4 is 11.6 Å². The van der Waals surface area contributed by atoms with E-state index in [4.69, 9.17) is 10.5 Å². The van der Waals surface area contributed by atoms with E-state index in [0.717, 1.165) is 0 Å². The first-order chi connectivity index (χ1) is 11.0. The molecule has 2 aromatic carbocycles. The second-order valence-corrected chi connectivity index (χ2v) is 4.63. The summed E-state index contributed by atoms with van der Waals surface area (Å²) >= 11 is 0. The molecular weight excluding hydrogens is 306 g/mol. The molecule has 7 heteroatoms. The molecule has 0 radical (unpaired) electrons. The van der Waals surface area contributed by atoms with E-state index in [1.54, 1.807) is 30.3 Å². The minimum absolute atomic E-state index is 0.135. The quantitative estimate of drug-likeness (QED) is 0.822. The van der Waals surface area contributed by atoms with Gasteiger partial charge in [-0.1, -0.05) is 30.3 Å². The van der Waals surface area contributed by atoms with Crippen LogP contribution in [0.15, 0.2) is 48.5 Å². The van der Waals surface area contributed by atoms with Gasteiger partial charge in [-0.15, -0.1) is 0 Å². The molecule has 0 fully saturated rings. The molecule has 23 heavy (non-hydrogen) atoms. The van der Waals surface area contributed by atoms with Crippen molar-refractivity contribution in [1.82, 2.24) is 0 Å². The maximum Gasteiger partial charge on any atom is 0.387 e. The number of anilines is 1. The molecule has 0 aromatic heterocycles. The average Bonchev–Trinajstić information content (AvgIpc) is 2.53. The van der Waals surface area contributed by atoms with Crippen molar-refractivity contribution in [3.63, 3.8) is 0 Å². The molecule has 122 valence electrons. The SMILES string of the molecule is COc1ccc(NC(C(N)=O)c2ccccc2)cc1OC(F)F.